The molecule has 0 fully saturated rings. The first-order valence-electron chi connectivity index (χ1n) is 3.31. The number of carbonyl (C=O) groups excluding carboxylic acids is 1. The maximum atomic E-state index is 10.5. The van der Waals surface area contributed by atoms with E-state index in [9.17, 15) is 4.79 Å². The monoisotopic (exact) mass is 158 g/mol. The van der Waals surface area contributed by atoms with Crippen molar-refractivity contribution in [1.82, 2.24) is 0 Å². The van der Waals surface area contributed by atoms with Crippen LogP contribution in [0.4, 0.5) is 0 Å². The average molecular weight is 158 g/mol. The molecule has 0 spiro atoms. The van der Waals surface area contributed by atoms with Gasteiger partial charge in [-0.15, -0.1) is 0 Å². The van der Waals surface area contributed by atoms with Crippen LogP contribution in [0.5, 0.6) is 0 Å². The maximum Gasteiger partial charge on any atom is 0.229 e. The zero-order valence-electron chi connectivity index (χ0n) is 7.22. The van der Waals surface area contributed by atoms with Gasteiger partial charge in [0.25, 0.3) is 0 Å². The van der Waals surface area contributed by atoms with Crippen molar-refractivity contribution in [3.8, 4) is 0 Å². The van der Waals surface area contributed by atoms with Crippen molar-refractivity contribution in [2.24, 2.45) is 0 Å². The Morgan fingerprint density at radius 3 is 2.09 bits per heavy atom. The molecule has 0 heterocycles. The predicted molar refractivity (Wildman–Crippen MR) is 42.2 cm³/mol. The highest BCUT2D eigenvalue weighted by atomic mass is 16.7. The molecule has 0 aromatic carbocycles. The quantitative estimate of drug-likeness (QED) is 0.342. The topological polar surface area (TPSA) is 35.5 Å². The van der Waals surface area contributed by atoms with Gasteiger partial charge >= 0.3 is 0 Å². The molecule has 0 rings (SSSR count). The SMILES string of the molecule is C=C(C)CC(C=O)(OC)OC. The molecule has 0 bridgehead atoms. The van der Waals surface area contributed by atoms with Crippen molar-refractivity contribution in [1.29, 1.82) is 0 Å². The third kappa shape index (κ3) is 2.82. The molecule has 3 nitrogen and oxygen atoms in total. The van der Waals surface area contributed by atoms with Crippen LogP contribution in [0.25, 0.3) is 0 Å². The minimum absolute atomic E-state index is 0.392. The van der Waals surface area contributed by atoms with Crippen LogP contribution < -0.4 is 0 Å². The van der Waals surface area contributed by atoms with Gasteiger partial charge in [0.15, 0.2) is 6.29 Å². The van der Waals surface area contributed by atoms with Crippen LogP contribution in [0.2, 0.25) is 0 Å². The van der Waals surface area contributed by atoms with E-state index in [-0.39, 0.29) is 0 Å². The smallest absolute Gasteiger partial charge is 0.229 e. The molecule has 0 atom stereocenters. The second kappa shape index (κ2) is 4.26. The van der Waals surface area contributed by atoms with E-state index < -0.39 is 5.79 Å². The average Bonchev–Trinajstić information content (AvgIpc) is 2.00. The fraction of sp³-hybridized carbons (Fsp3) is 0.625. The highest BCUT2D eigenvalue weighted by Gasteiger charge is 2.28. The van der Waals surface area contributed by atoms with Gasteiger partial charge in [-0.05, 0) is 6.92 Å². The molecule has 0 aliphatic carbocycles. The van der Waals surface area contributed by atoms with Gasteiger partial charge in [-0.1, -0.05) is 12.2 Å². The lowest BCUT2D eigenvalue weighted by Crippen LogP contribution is -2.35. The Labute approximate surface area is 67.0 Å². The molecule has 11 heavy (non-hydrogen) atoms. The Hall–Kier alpha value is -0.670. The van der Waals surface area contributed by atoms with E-state index in [4.69, 9.17) is 9.47 Å². The van der Waals surface area contributed by atoms with E-state index in [1.165, 1.54) is 14.2 Å². The number of methoxy groups -OCH3 is 2. The zero-order valence-corrected chi connectivity index (χ0v) is 7.22. The molecule has 0 unspecified atom stereocenters. The summed E-state index contributed by atoms with van der Waals surface area (Å²) in [6.07, 6.45) is 1.03. The summed E-state index contributed by atoms with van der Waals surface area (Å²) in [6, 6.07) is 0. The lowest BCUT2D eigenvalue weighted by atomic mass is 10.1. The highest BCUT2D eigenvalue weighted by molar-refractivity contribution is 5.60. The van der Waals surface area contributed by atoms with Gasteiger partial charge in [-0.3, -0.25) is 4.79 Å². The normalized spacial score (nSPS) is 11.2. The van der Waals surface area contributed by atoms with Gasteiger partial charge < -0.3 is 9.47 Å². The van der Waals surface area contributed by atoms with Crippen molar-refractivity contribution in [2.45, 2.75) is 19.1 Å². The molecule has 64 valence electrons. The summed E-state index contributed by atoms with van der Waals surface area (Å²) >= 11 is 0. The number of carbonyl (C=O) groups is 1. The minimum atomic E-state index is -1.13. The molecule has 3 heteroatoms. The summed E-state index contributed by atoms with van der Waals surface area (Å²) < 4.78 is 9.79. The second-order valence-electron chi connectivity index (χ2n) is 2.47. The molecule has 0 saturated carbocycles. The van der Waals surface area contributed by atoms with Crippen molar-refractivity contribution in [2.75, 3.05) is 14.2 Å². The fourth-order valence-electron chi connectivity index (χ4n) is 0.786. The molecule has 0 aromatic heterocycles. The molecule has 0 aliphatic rings. The van der Waals surface area contributed by atoms with E-state index in [0.717, 1.165) is 5.57 Å². The van der Waals surface area contributed by atoms with E-state index in [2.05, 4.69) is 6.58 Å². The van der Waals surface area contributed by atoms with Crippen LogP contribution in [0.15, 0.2) is 12.2 Å². The van der Waals surface area contributed by atoms with Crippen LogP contribution in [0.3, 0.4) is 0 Å². The Kier molecular flexibility index (Phi) is 4.00. The molecule has 0 aliphatic heterocycles. The Balaban J connectivity index is 4.28. The molecule has 0 saturated heterocycles. The maximum absolute atomic E-state index is 10.5. The van der Waals surface area contributed by atoms with Crippen LogP contribution >= 0.6 is 0 Å². The Morgan fingerprint density at radius 2 is 2.00 bits per heavy atom. The minimum Gasteiger partial charge on any atom is -0.347 e. The third-order valence-electron chi connectivity index (χ3n) is 1.42. The lowest BCUT2D eigenvalue weighted by Gasteiger charge is -2.24. The number of rotatable bonds is 5. The van der Waals surface area contributed by atoms with Gasteiger partial charge in [-0.2, -0.15) is 0 Å². The van der Waals surface area contributed by atoms with Crippen molar-refractivity contribution >= 4 is 6.29 Å². The molecule has 0 amide bonds. The van der Waals surface area contributed by atoms with E-state index in [1.807, 2.05) is 6.92 Å². The summed E-state index contributed by atoms with van der Waals surface area (Å²) in [4.78, 5) is 10.5. The number of hydrogen-bond acceptors (Lipinski definition) is 3. The standard InChI is InChI=1S/C8H14O3/c1-7(2)5-8(6-9,10-3)11-4/h6H,1,5H2,2-4H3. The first kappa shape index (κ1) is 10.3. The van der Waals surface area contributed by atoms with Gasteiger partial charge in [0, 0.05) is 20.6 Å². The number of hydrogen-bond donors (Lipinski definition) is 0. The summed E-state index contributed by atoms with van der Waals surface area (Å²) in [5, 5.41) is 0. The molecular weight excluding hydrogens is 144 g/mol. The fourth-order valence-corrected chi connectivity index (χ4v) is 0.786. The van der Waals surface area contributed by atoms with Gasteiger partial charge in [0.1, 0.15) is 0 Å². The molecule has 0 radical (unpaired) electrons. The van der Waals surface area contributed by atoms with Crippen molar-refractivity contribution < 1.29 is 14.3 Å². The first-order chi connectivity index (χ1) is 5.10. The van der Waals surface area contributed by atoms with Gasteiger partial charge in [0.05, 0.1) is 0 Å². The summed E-state index contributed by atoms with van der Waals surface area (Å²) in [5.41, 5.74) is 0.848. The van der Waals surface area contributed by atoms with E-state index in [1.54, 1.807) is 0 Å². The van der Waals surface area contributed by atoms with Crippen LogP contribution in [-0.2, 0) is 14.3 Å². The van der Waals surface area contributed by atoms with Crippen LogP contribution in [0.1, 0.15) is 13.3 Å². The number of aldehydes is 1. The van der Waals surface area contributed by atoms with Gasteiger partial charge in [0.2, 0.25) is 5.79 Å². The lowest BCUT2D eigenvalue weighted by molar-refractivity contribution is -0.194. The highest BCUT2D eigenvalue weighted by Crippen LogP contribution is 2.17. The Morgan fingerprint density at radius 1 is 1.55 bits per heavy atom. The summed E-state index contributed by atoms with van der Waals surface area (Å²) in [6.45, 7) is 5.48. The van der Waals surface area contributed by atoms with E-state index in [0.29, 0.717) is 12.7 Å². The summed E-state index contributed by atoms with van der Waals surface area (Å²) in [7, 11) is 2.86. The van der Waals surface area contributed by atoms with E-state index >= 15 is 0 Å². The summed E-state index contributed by atoms with van der Waals surface area (Å²) in [5.74, 6) is -1.13. The molecule has 0 N–H and O–H groups in total. The van der Waals surface area contributed by atoms with Crippen molar-refractivity contribution in [3.05, 3.63) is 12.2 Å². The number of ether oxygens (including phenoxy) is 2. The Bertz CT molecular complexity index is 147. The second-order valence-corrected chi connectivity index (χ2v) is 2.47. The molecular formula is C8H14O3. The van der Waals surface area contributed by atoms with Crippen LogP contribution in [0, 0.1) is 0 Å². The zero-order chi connectivity index (χ0) is 8.91. The van der Waals surface area contributed by atoms with Crippen LogP contribution in [-0.4, -0.2) is 26.3 Å². The molecule has 0 aromatic rings. The third-order valence-corrected chi connectivity index (χ3v) is 1.42. The largest absolute Gasteiger partial charge is 0.347 e. The van der Waals surface area contributed by atoms with Crippen molar-refractivity contribution in [3.63, 3.8) is 0 Å². The first-order valence-corrected chi connectivity index (χ1v) is 3.31. The van der Waals surface area contributed by atoms with Gasteiger partial charge in [-0.25, -0.2) is 0 Å². The predicted octanol–water partition coefficient (Wildman–Crippen LogP) is 1.14.